The van der Waals surface area contributed by atoms with Crippen LogP contribution in [0.15, 0.2) is 43.1 Å². The van der Waals surface area contributed by atoms with Gasteiger partial charge in [0.2, 0.25) is 11.8 Å². The Morgan fingerprint density at radius 3 is 2.89 bits per heavy atom. The lowest BCUT2D eigenvalue weighted by Crippen LogP contribution is -2.51. The number of para-hydroxylation sites is 1. The smallest absolute Gasteiger partial charge is 0.250 e. The van der Waals surface area contributed by atoms with Crippen LogP contribution in [0.1, 0.15) is 29.1 Å². The van der Waals surface area contributed by atoms with Crippen LogP contribution in [-0.2, 0) is 28.9 Å². The van der Waals surface area contributed by atoms with E-state index in [1.165, 1.54) is 6.08 Å². The molecule has 2 atom stereocenters. The Kier molecular flexibility index (Phi) is 4.94. The molecule has 1 aromatic heterocycles. The minimum absolute atomic E-state index is 0.0432. The fourth-order valence-corrected chi connectivity index (χ4v) is 4.16. The van der Waals surface area contributed by atoms with E-state index in [1.807, 2.05) is 37.4 Å². The lowest BCUT2D eigenvalue weighted by molar-refractivity contribution is -0.126. The second kappa shape index (κ2) is 7.54. The van der Waals surface area contributed by atoms with Crippen LogP contribution in [0.3, 0.4) is 0 Å². The van der Waals surface area contributed by atoms with Crippen molar-refractivity contribution < 1.29 is 9.59 Å². The molecule has 1 aliphatic carbocycles. The Hall–Kier alpha value is -3.02. The zero-order chi connectivity index (χ0) is 19.7. The molecular formula is C22H24N4O2. The zero-order valence-corrected chi connectivity index (χ0v) is 16.0. The number of carbonyl (C=O) groups is 2. The number of aryl methyl sites for hydroxylation is 2. The van der Waals surface area contributed by atoms with Crippen LogP contribution in [0.5, 0.6) is 0 Å². The first-order chi connectivity index (χ1) is 13.5. The molecule has 1 aromatic carbocycles. The fraction of sp³-hybridized carbons (Fsp3) is 0.364. The predicted molar refractivity (Wildman–Crippen MR) is 107 cm³/mol. The molecule has 0 fully saturated rings. The minimum Gasteiger partial charge on any atom is -0.351 e. The molecule has 28 heavy (non-hydrogen) atoms. The van der Waals surface area contributed by atoms with Crippen molar-refractivity contribution >= 4 is 17.5 Å². The van der Waals surface area contributed by atoms with E-state index in [1.54, 1.807) is 4.90 Å². The van der Waals surface area contributed by atoms with Gasteiger partial charge in [0.1, 0.15) is 5.82 Å². The number of hydrogen-bond acceptors (Lipinski definition) is 4. The summed E-state index contributed by atoms with van der Waals surface area (Å²) in [5, 5.41) is 3.17. The number of fused-ring (bicyclic) bond motifs is 2. The third kappa shape index (κ3) is 3.54. The molecule has 1 aliphatic heterocycles. The van der Waals surface area contributed by atoms with Crippen molar-refractivity contribution in [2.24, 2.45) is 5.92 Å². The average Bonchev–Trinajstić information content (AvgIpc) is 2.72. The molecule has 4 rings (SSSR count). The highest BCUT2D eigenvalue weighted by Crippen LogP contribution is 2.28. The lowest BCUT2D eigenvalue weighted by atomic mass is 9.86. The minimum atomic E-state index is -0.148. The van der Waals surface area contributed by atoms with Crippen molar-refractivity contribution in [3.05, 3.63) is 65.8 Å². The maximum Gasteiger partial charge on any atom is 0.250 e. The normalized spacial score (nSPS) is 20.7. The molecule has 0 saturated heterocycles. The SMILES string of the molecule is C=CC(=O)N1CC(NC(=O)C2CCc3nc(C)ncc3C2)Cc2ccccc21. The predicted octanol–water partition coefficient (Wildman–Crippen LogP) is 2.15. The molecule has 6 nitrogen and oxygen atoms in total. The zero-order valence-electron chi connectivity index (χ0n) is 16.0. The van der Waals surface area contributed by atoms with E-state index >= 15 is 0 Å². The van der Waals surface area contributed by atoms with E-state index in [9.17, 15) is 9.59 Å². The summed E-state index contributed by atoms with van der Waals surface area (Å²) >= 11 is 0. The molecular weight excluding hydrogens is 352 g/mol. The number of nitrogens with one attached hydrogen (secondary N) is 1. The van der Waals surface area contributed by atoms with Crippen molar-refractivity contribution in [3.8, 4) is 0 Å². The van der Waals surface area contributed by atoms with E-state index < -0.39 is 0 Å². The number of benzene rings is 1. The topological polar surface area (TPSA) is 75.2 Å². The van der Waals surface area contributed by atoms with Gasteiger partial charge in [-0.25, -0.2) is 9.97 Å². The summed E-state index contributed by atoms with van der Waals surface area (Å²) in [7, 11) is 0. The third-order valence-electron chi connectivity index (χ3n) is 5.58. The highest BCUT2D eigenvalue weighted by Gasteiger charge is 2.31. The van der Waals surface area contributed by atoms with Crippen molar-refractivity contribution in [3.63, 3.8) is 0 Å². The third-order valence-corrected chi connectivity index (χ3v) is 5.58. The van der Waals surface area contributed by atoms with E-state index in [0.29, 0.717) is 19.4 Å². The van der Waals surface area contributed by atoms with Crippen LogP contribution in [0.4, 0.5) is 5.69 Å². The van der Waals surface area contributed by atoms with E-state index in [-0.39, 0.29) is 23.8 Å². The van der Waals surface area contributed by atoms with Crippen LogP contribution in [0.2, 0.25) is 0 Å². The second-order valence-corrected chi connectivity index (χ2v) is 7.52. The van der Waals surface area contributed by atoms with Gasteiger partial charge in [-0.15, -0.1) is 0 Å². The Morgan fingerprint density at radius 2 is 2.07 bits per heavy atom. The van der Waals surface area contributed by atoms with Gasteiger partial charge in [0.05, 0.1) is 6.04 Å². The summed E-state index contributed by atoms with van der Waals surface area (Å²) in [6.45, 7) is 5.95. The number of rotatable bonds is 3. The van der Waals surface area contributed by atoms with Gasteiger partial charge >= 0.3 is 0 Å². The van der Waals surface area contributed by atoms with Gasteiger partial charge in [0.25, 0.3) is 0 Å². The Balaban J connectivity index is 1.47. The summed E-state index contributed by atoms with van der Waals surface area (Å²) in [5.74, 6) is 0.584. The molecule has 144 valence electrons. The van der Waals surface area contributed by atoms with Gasteiger partial charge in [-0.3, -0.25) is 9.59 Å². The van der Waals surface area contributed by atoms with E-state index in [2.05, 4.69) is 21.9 Å². The summed E-state index contributed by atoms with van der Waals surface area (Å²) in [5.41, 5.74) is 4.09. The Labute approximate surface area is 164 Å². The number of aromatic nitrogens is 2. The number of anilines is 1. The monoisotopic (exact) mass is 376 g/mol. The van der Waals surface area contributed by atoms with Crippen LogP contribution in [0.25, 0.3) is 0 Å². The molecule has 2 heterocycles. The molecule has 0 radical (unpaired) electrons. The highest BCUT2D eigenvalue weighted by atomic mass is 16.2. The summed E-state index contributed by atoms with van der Waals surface area (Å²) < 4.78 is 0. The van der Waals surface area contributed by atoms with Crippen molar-refractivity contribution in [1.29, 1.82) is 0 Å². The molecule has 2 aromatic rings. The molecule has 0 spiro atoms. The van der Waals surface area contributed by atoms with Gasteiger partial charge in [-0.05, 0) is 55.9 Å². The van der Waals surface area contributed by atoms with E-state index in [0.717, 1.165) is 41.2 Å². The molecule has 2 unspecified atom stereocenters. The van der Waals surface area contributed by atoms with Crippen LogP contribution in [-0.4, -0.2) is 34.4 Å². The lowest BCUT2D eigenvalue weighted by Gasteiger charge is -2.35. The molecule has 2 amide bonds. The Bertz CT molecular complexity index is 940. The number of carbonyl (C=O) groups excluding carboxylic acids is 2. The van der Waals surface area contributed by atoms with Crippen LogP contribution < -0.4 is 10.2 Å². The first-order valence-corrected chi connectivity index (χ1v) is 9.68. The summed E-state index contributed by atoms with van der Waals surface area (Å²) in [6, 6.07) is 7.72. The highest BCUT2D eigenvalue weighted by molar-refractivity contribution is 6.02. The standard InChI is InChI=1S/C22H24N4O2/c1-3-21(27)26-13-18(11-15-6-4-5-7-20(15)26)25-22(28)16-8-9-19-17(10-16)12-23-14(2)24-19/h3-7,12,16,18H,1,8-11,13H2,2H3,(H,25,28). The molecule has 0 saturated carbocycles. The molecule has 0 bridgehead atoms. The summed E-state index contributed by atoms with van der Waals surface area (Å²) in [6.07, 6.45) is 6.13. The number of amides is 2. The summed E-state index contributed by atoms with van der Waals surface area (Å²) in [4.78, 5) is 35.7. The molecule has 2 aliphatic rings. The fourth-order valence-electron chi connectivity index (χ4n) is 4.16. The van der Waals surface area contributed by atoms with Crippen molar-refractivity contribution in [2.75, 3.05) is 11.4 Å². The van der Waals surface area contributed by atoms with Gasteiger partial charge in [-0.2, -0.15) is 0 Å². The molecule has 1 N–H and O–H groups in total. The van der Waals surface area contributed by atoms with Crippen LogP contribution in [0, 0.1) is 12.8 Å². The average molecular weight is 376 g/mol. The van der Waals surface area contributed by atoms with Crippen LogP contribution >= 0.6 is 0 Å². The van der Waals surface area contributed by atoms with E-state index in [4.69, 9.17) is 0 Å². The number of nitrogens with zero attached hydrogens (tertiary/aromatic N) is 3. The van der Waals surface area contributed by atoms with Gasteiger partial charge in [-0.1, -0.05) is 24.8 Å². The Morgan fingerprint density at radius 1 is 1.25 bits per heavy atom. The van der Waals surface area contributed by atoms with Crippen molar-refractivity contribution in [1.82, 2.24) is 15.3 Å². The largest absolute Gasteiger partial charge is 0.351 e. The maximum atomic E-state index is 12.9. The first kappa shape index (κ1) is 18.3. The maximum absolute atomic E-state index is 12.9. The van der Waals surface area contributed by atoms with Crippen molar-refractivity contribution in [2.45, 2.75) is 38.6 Å². The van der Waals surface area contributed by atoms with Gasteiger partial charge in [0, 0.05) is 30.0 Å². The number of hydrogen-bond donors (Lipinski definition) is 1. The second-order valence-electron chi connectivity index (χ2n) is 7.52. The van der Waals surface area contributed by atoms with Gasteiger partial charge in [0.15, 0.2) is 0 Å². The van der Waals surface area contributed by atoms with Gasteiger partial charge < -0.3 is 10.2 Å². The molecule has 6 heteroatoms. The quantitative estimate of drug-likeness (QED) is 0.833. The first-order valence-electron chi connectivity index (χ1n) is 9.68.